The standard InChI is InChI=1S/C8H7FN4/c9-6-1-2-8(11-5-6)13-4-3-7(10)12-13/h1-5H,(H2,10,12). The highest BCUT2D eigenvalue weighted by molar-refractivity contribution is 5.29. The Bertz CT molecular complexity index is 406. The summed E-state index contributed by atoms with van der Waals surface area (Å²) < 4.78 is 14.0. The number of pyridine rings is 1. The van der Waals surface area contributed by atoms with Gasteiger partial charge in [-0.1, -0.05) is 0 Å². The van der Waals surface area contributed by atoms with Gasteiger partial charge in [0.15, 0.2) is 5.82 Å². The lowest BCUT2D eigenvalue weighted by Crippen LogP contribution is -1.98. The molecule has 0 radical (unpaired) electrons. The molecule has 0 unspecified atom stereocenters. The first-order chi connectivity index (χ1) is 6.25. The van der Waals surface area contributed by atoms with Crippen molar-refractivity contribution in [1.29, 1.82) is 0 Å². The first-order valence-electron chi connectivity index (χ1n) is 3.69. The van der Waals surface area contributed by atoms with Crippen LogP contribution in [-0.4, -0.2) is 14.8 Å². The number of anilines is 1. The van der Waals surface area contributed by atoms with Gasteiger partial charge in [-0.3, -0.25) is 0 Å². The second kappa shape index (κ2) is 2.85. The van der Waals surface area contributed by atoms with Crippen molar-refractivity contribution in [3.8, 4) is 5.82 Å². The number of halogens is 1. The summed E-state index contributed by atoms with van der Waals surface area (Å²) in [4.78, 5) is 3.83. The molecule has 0 saturated carbocycles. The van der Waals surface area contributed by atoms with Crippen LogP contribution < -0.4 is 5.73 Å². The van der Waals surface area contributed by atoms with Gasteiger partial charge in [-0.25, -0.2) is 14.1 Å². The molecule has 0 aliphatic carbocycles. The van der Waals surface area contributed by atoms with Crippen LogP contribution in [0.5, 0.6) is 0 Å². The number of nitrogen functional groups attached to an aromatic ring is 1. The molecule has 2 rings (SSSR count). The van der Waals surface area contributed by atoms with E-state index in [0.29, 0.717) is 11.6 Å². The largest absolute Gasteiger partial charge is 0.382 e. The summed E-state index contributed by atoms with van der Waals surface area (Å²) in [5.41, 5.74) is 5.41. The average molecular weight is 178 g/mol. The van der Waals surface area contributed by atoms with E-state index in [0.717, 1.165) is 6.20 Å². The lowest BCUT2D eigenvalue weighted by Gasteiger charge is -1.97. The molecule has 2 heterocycles. The smallest absolute Gasteiger partial charge is 0.153 e. The molecule has 0 amide bonds. The number of hydrogen-bond donors (Lipinski definition) is 1. The van der Waals surface area contributed by atoms with Crippen LogP contribution in [0.25, 0.3) is 5.82 Å². The highest BCUT2D eigenvalue weighted by Crippen LogP contribution is 2.05. The van der Waals surface area contributed by atoms with Gasteiger partial charge in [-0.2, -0.15) is 0 Å². The fraction of sp³-hybridized carbons (Fsp3) is 0. The lowest BCUT2D eigenvalue weighted by atomic mass is 10.4. The normalized spacial score (nSPS) is 10.2. The monoisotopic (exact) mass is 178 g/mol. The molecular formula is C8H7FN4. The van der Waals surface area contributed by atoms with Crippen LogP contribution >= 0.6 is 0 Å². The van der Waals surface area contributed by atoms with Gasteiger partial charge in [0, 0.05) is 12.3 Å². The van der Waals surface area contributed by atoms with Crippen molar-refractivity contribution in [1.82, 2.24) is 14.8 Å². The Kier molecular flexibility index (Phi) is 1.70. The van der Waals surface area contributed by atoms with E-state index in [1.807, 2.05) is 0 Å². The van der Waals surface area contributed by atoms with E-state index < -0.39 is 0 Å². The molecule has 0 fully saturated rings. The van der Waals surface area contributed by atoms with E-state index >= 15 is 0 Å². The third-order valence-corrected chi connectivity index (χ3v) is 1.56. The molecule has 0 aromatic carbocycles. The van der Waals surface area contributed by atoms with Crippen molar-refractivity contribution in [2.24, 2.45) is 0 Å². The molecule has 0 aliphatic heterocycles. The van der Waals surface area contributed by atoms with E-state index in [1.54, 1.807) is 12.3 Å². The quantitative estimate of drug-likeness (QED) is 0.708. The minimum absolute atomic E-state index is 0.371. The van der Waals surface area contributed by atoms with Crippen molar-refractivity contribution in [2.75, 3.05) is 5.73 Å². The van der Waals surface area contributed by atoms with E-state index in [4.69, 9.17) is 5.73 Å². The zero-order chi connectivity index (χ0) is 9.26. The molecule has 13 heavy (non-hydrogen) atoms. The molecule has 2 aromatic heterocycles. The summed E-state index contributed by atoms with van der Waals surface area (Å²) in [6, 6.07) is 4.49. The maximum atomic E-state index is 12.5. The summed E-state index contributed by atoms with van der Waals surface area (Å²) >= 11 is 0. The van der Waals surface area contributed by atoms with Gasteiger partial charge in [0.25, 0.3) is 0 Å². The van der Waals surface area contributed by atoms with Crippen molar-refractivity contribution < 1.29 is 4.39 Å². The molecule has 4 nitrogen and oxygen atoms in total. The predicted molar refractivity (Wildman–Crippen MR) is 45.7 cm³/mol. The fourth-order valence-electron chi connectivity index (χ4n) is 0.969. The third kappa shape index (κ3) is 1.48. The zero-order valence-electron chi connectivity index (χ0n) is 6.68. The average Bonchev–Trinajstić information content (AvgIpc) is 2.53. The summed E-state index contributed by atoms with van der Waals surface area (Å²) in [5.74, 6) is 0.577. The number of hydrogen-bond acceptors (Lipinski definition) is 3. The lowest BCUT2D eigenvalue weighted by molar-refractivity contribution is 0.619. The molecule has 2 N–H and O–H groups in total. The summed E-state index contributed by atoms with van der Waals surface area (Å²) in [6.45, 7) is 0. The van der Waals surface area contributed by atoms with Gasteiger partial charge in [-0.05, 0) is 12.1 Å². The van der Waals surface area contributed by atoms with Crippen LogP contribution in [-0.2, 0) is 0 Å². The van der Waals surface area contributed by atoms with Crippen molar-refractivity contribution in [3.63, 3.8) is 0 Å². The molecule has 0 aliphatic rings. The molecule has 66 valence electrons. The van der Waals surface area contributed by atoms with Gasteiger partial charge in [0.2, 0.25) is 0 Å². The Morgan fingerprint density at radius 3 is 2.69 bits per heavy atom. The van der Waals surface area contributed by atoms with E-state index in [1.165, 1.54) is 16.8 Å². The minimum Gasteiger partial charge on any atom is -0.382 e. The minimum atomic E-state index is -0.371. The first-order valence-corrected chi connectivity index (χ1v) is 3.69. The molecule has 0 bridgehead atoms. The summed E-state index contributed by atoms with van der Waals surface area (Å²) in [7, 11) is 0. The van der Waals surface area contributed by atoms with Gasteiger partial charge in [0.1, 0.15) is 11.6 Å². The highest BCUT2D eigenvalue weighted by atomic mass is 19.1. The maximum Gasteiger partial charge on any atom is 0.153 e. The Balaban J connectivity index is 2.41. The zero-order valence-corrected chi connectivity index (χ0v) is 6.68. The van der Waals surface area contributed by atoms with Crippen molar-refractivity contribution in [3.05, 3.63) is 36.4 Å². The molecule has 5 heteroatoms. The van der Waals surface area contributed by atoms with Gasteiger partial charge in [-0.15, -0.1) is 5.10 Å². The Labute approximate surface area is 73.8 Å². The van der Waals surface area contributed by atoms with Crippen LogP contribution in [0.2, 0.25) is 0 Å². The predicted octanol–water partition coefficient (Wildman–Crippen LogP) is 0.989. The van der Waals surface area contributed by atoms with E-state index in [9.17, 15) is 4.39 Å². The van der Waals surface area contributed by atoms with Crippen LogP contribution in [0.4, 0.5) is 10.2 Å². The molecule has 0 atom stereocenters. The first kappa shape index (κ1) is 7.72. The van der Waals surface area contributed by atoms with Crippen molar-refractivity contribution in [2.45, 2.75) is 0 Å². The summed E-state index contributed by atoms with van der Waals surface area (Å²) in [6.07, 6.45) is 2.79. The second-order valence-corrected chi connectivity index (χ2v) is 2.52. The third-order valence-electron chi connectivity index (χ3n) is 1.56. The topological polar surface area (TPSA) is 56.7 Å². The molecular weight excluding hydrogens is 171 g/mol. The number of rotatable bonds is 1. The van der Waals surface area contributed by atoms with Gasteiger partial charge in [0.05, 0.1) is 6.20 Å². The molecule has 2 aromatic rings. The van der Waals surface area contributed by atoms with Gasteiger partial charge >= 0.3 is 0 Å². The molecule has 0 spiro atoms. The molecule has 0 saturated heterocycles. The maximum absolute atomic E-state index is 12.5. The Morgan fingerprint density at radius 1 is 1.31 bits per heavy atom. The SMILES string of the molecule is Nc1ccn(-c2ccc(F)cn2)n1. The van der Waals surface area contributed by atoms with Crippen LogP contribution in [0.1, 0.15) is 0 Å². The van der Waals surface area contributed by atoms with Crippen LogP contribution in [0.15, 0.2) is 30.6 Å². The van der Waals surface area contributed by atoms with Crippen LogP contribution in [0, 0.1) is 5.82 Å². The number of nitrogens with two attached hydrogens (primary N) is 1. The van der Waals surface area contributed by atoms with Gasteiger partial charge < -0.3 is 5.73 Å². The number of aromatic nitrogens is 3. The van der Waals surface area contributed by atoms with Crippen molar-refractivity contribution >= 4 is 5.82 Å². The second-order valence-electron chi connectivity index (χ2n) is 2.52. The highest BCUT2D eigenvalue weighted by Gasteiger charge is 1.99. The Hall–Kier alpha value is -1.91. The number of nitrogens with zero attached hydrogens (tertiary/aromatic N) is 3. The Morgan fingerprint density at radius 2 is 2.15 bits per heavy atom. The fourth-order valence-corrected chi connectivity index (χ4v) is 0.969. The van der Waals surface area contributed by atoms with E-state index in [-0.39, 0.29) is 5.82 Å². The van der Waals surface area contributed by atoms with Crippen LogP contribution in [0.3, 0.4) is 0 Å². The summed E-state index contributed by atoms with van der Waals surface area (Å²) in [5, 5.41) is 3.92. The van der Waals surface area contributed by atoms with E-state index in [2.05, 4.69) is 10.1 Å².